The van der Waals surface area contributed by atoms with Gasteiger partial charge in [0.1, 0.15) is 0 Å². The van der Waals surface area contributed by atoms with Crippen LogP contribution in [0.15, 0.2) is 60.3 Å². The molecule has 166 valence electrons. The van der Waals surface area contributed by atoms with Gasteiger partial charge in [-0.15, -0.1) is 0 Å². The van der Waals surface area contributed by atoms with Crippen molar-refractivity contribution < 1.29 is 24.0 Å². The maximum Gasteiger partial charge on any atom is 0.347 e. The number of rotatable bonds is 9. The third-order valence-corrected chi connectivity index (χ3v) is 4.66. The number of amides is 1. The van der Waals surface area contributed by atoms with Crippen molar-refractivity contribution in [1.29, 1.82) is 5.26 Å². The van der Waals surface area contributed by atoms with E-state index in [2.05, 4.69) is 16.3 Å². The number of nitrogens with zero attached hydrogens (tertiary/aromatic N) is 1. The Morgan fingerprint density at radius 2 is 1.94 bits per heavy atom. The van der Waals surface area contributed by atoms with Crippen LogP contribution in [0.5, 0.6) is 0 Å². The van der Waals surface area contributed by atoms with Crippen LogP contribution in [0, 0.1) is 11.3 Å². The predicted molar refractivity (Wildman–Crippen MR) is 116 cm³/mol. The number of hydroxylamine groups is 2. The zero-order valence-corrected chi connectivity index (χ0v) is 17.8. The number of ether oxygens (including phenoxy) is 1. The van der Waals surface area contributed by atoms with Gasteiger partial charge >= 0.3 is 5.97 Å². The molecule has 3 N–H and O–H groups in total. The number of esters is 1. The Labute approximate surface area is 185 Å². The van der Waals surface area contributed by atoms with Gasteiger partial charge in [-0.1, -0.05) is 24.3 Å². The SMILES string of the molecule is CCOC(=O)C1(CNc2ccccc2C(=O)NOCc2ccc(C#N)cc2)C=C(C)NO1. The molecule has 3 rings (SSSR count). The quantitative estimate of drug-likeness (QED) is 0.405. The lowest BCUT2D eigenvalue weighted by molar-refractivity contribution is -0.167. The number of anilines is 1. The Kier molecular flexibility index (Phi) is 7.44. The molecule has 1 aliphatic heterocycles. The van der Waals surface area contributed by atoms with Crippen LogP contribution in [0.3, 0.4) is 0 Å². The number of nitrogens with one attached hydrogen (secondary N) is 3. The van der Waals surface area contributed by atoms with Crippen LogP contribution in [-0.4, -0.2) is 30.6 Å². The average Bonchev–Trinajstić information content (AvgIpc) is 3.20. The van der Waals surface area contributed by atoms with E-state index in [-0.39, 0.29) is 19.8 Å². The van der Waals surface area contributed by atoms with Crippen LogP contribution >= 0.6 is 0 Å². The van der Waals surface area contributed by atoms with E-state index in [1.54, 1.807) is 68.5 Å². The van der Waals surface area contributed by atoms with Crippen LogP contribution in [0.1, 0.15) is 35.3 Å². The van der Waals surface area contributed by atoms with Gasteiger partial charge in [-0.05, 0) is 49.8 Å². The molecule has 1 aliphatic rings. The second-order valence-electron chi connectivity index (χ2n) is 7.07. The third kappa shape index (κ3) is 5.43. The fourth-order valence-electron chi connectivity index (χ4n) is 3.07. The highest BCUT2D eigenvalue weighted by atomic mass is 16.7. The molecule has 0 bridgehead atoms. The maximum absolute atomic E-state index is 12.7. The molecule has 1 amide bonds. The Bertz CT molecular complexity index is 1050. The third-order valence-electron chi connectivity index (χ3n) is 4.66. The largest absolute Gasteiger partial charge is 0.463 e. The number of hydrogen-bond donors (Lipinski definition) is 3. The Balaban J connectivity index is 1.63. The summed E-state index contributed by atoms with van der Waals surface area (Å²) in [6.07, 6.45) is 1.64. The lowest BCUT2D eigenvalue weighted by Gasteiger charge is -2.24. The maximum atomic E-state index is 12.7. The number of nitriles is 1. The van der Waals surface area contributed by atoms with E-state index in [1.807, 2.05) is 6.07 Å². The molecule has 0 aromatic heterocycles. The molecule has 9 nitrogen and oxygen atoms in total. The molecular weight excluding hydrogens is 412 g/mol. The second-order valence-corrected chi connectivity index (χ2v) is 7.07. The monoisotopic (exact) mass is 436 g/mol. The first-order valence-corrected chi connectivity index (χ1v) is 10.0. The van der Waals surface area contributed by atoms with Gasteiger partial charge in [-0.3, -0.25) is 19.9 Å². The van der Waals surface area contributed by atoms with Gasteiger partial charge in [0.2, 0.25) is 5.60 Å². The molecule has 1 atom stereocenters. The summed E-state index contributed by atoms with van der Waals surface area (Å²) in [4.78, 5) is 35.9. The van der Waals surface area contributed by atoms with E-state index in [0.29, 0.717) is 22.5 Å². The fourth-order valence-corrected chi connectivity index (χ4v) is 3.07. The van der Waals surface area contributed by atoms with Gasteiger partial charge in [0, 0.05) is 11.4 Å². The summed E-state index contributed by atoms with van der Waals surface area (Å²) in [5, 5.41) is 11.9. The number of allylic oxidation sites excluding steroid dienone is 1. The van der Waals surface area contributed by atoms with Crippen molar-refractivity contribution in [2.24, 2.45) is 0 Å². The smallest absolute Gasteiger partial charge is 0.347 e. The molecule has 0 fully saturated rings. The topological polar surface area (TPSA) is 122 Å². The molecule has 1 heterocycles. The lowest BCUT2D eigenvalue weighted by atomic mass is 10.0. The lowest BCUT2D eigenvalue weighted by Crippen LogP contribution is -2.46. The van der Waals surface area contributed by atoms with Crippen LogP contribution in [0.4, 0.5) is 5.69 Å². The van der Waals surface area contributed by atoms with E-state index in [1.165, 1.54) is 0 Å². The van der Waals surface area contributed by atoms with Gasteiger partial charge in [-0.2, -0.15) is 5.26 Å². The minimum Gasteiger partial charge on any atom is -0.463 e. The first kappa shape index (κ1) is 22.8. The van der Waals surface area contributed by atoms with Crippen LogP contribution in [0.2, 0.25) is 0 Å². The van der Waals surface area contributed by atoms with Gasteiger partial charge in [0.25, 0.3) is 5.91 Å². The second kappa shape index (κ2) is 10.4. The van der Waals surface area contributed by atoms with E-state index >= 15 is 0 Å². The van der Waals surface area contributed by atoms with Gasteiger partial charge < -0.3 is 10.1 Å². The highest BCUT2D eigenvalue weighted by Crippen LogP contribution is 2.24. The zero-order valence-electron chi connectivity index (χ0n) is 17.8. The molecule has 9 heteroatoms. The molecule has 0 saturated carbocycles. The number of hydrogen-bond acceptors (Lipinski definition) is 8. The van der Waals surface area contributed by atoms with Crippen molar-refractivity contribution in [3.05, 3.63) is 77.0 Å². The number of carbonyl (C=O) groups excluding carboxylic acids is 2. The van der Waals surface area contributed by atoms with Crippen molar-refractivity contribution in [3.8, 4) is 6.07 Å². The summed E-state index contributed by atoms with van der Waals surface area (Å²) in [5.41, 5.74) is 6.60. The summed E-state index contributed by atoms with van der Waals surface area (Å²) < 4.78 is 5.15. The normalized spacial score (nSPS) is 17.0. The summed E-state index contributed by atoms with van der Waals surface area (Å²) in [5.74, 6) is -0.992. The molecular formula is C23H24N4O5. The summed E-state index contributed by atoms with van der Waals surface area (Å²) >= 11 is 0. The summed E-state index contributed by atoms with van der Waals surface area (Å²) in [6.45, 7) is 3.89. The summed E-state index contributed by atoms with van der Waals surface area (Å²) in [6, 6.07) is 15.7. The van der Waals surface area contributed by atoms with Crippen LogP contribution in [-0.2, 0) is 25.8 Å². The van der Waals surface area contributed by atoms with Crippen LogP contribution in [0.25, 0.3) is 0 Å². The minimum atomic E-state index is -1.35. The average molecular weight is 436 g/mol. The van der Waals surface area contributed by atoms with Gasteiger partial charge in [-0.25, -0.2) is 10.3 Å². The van der Waals surface area contributed by atoms with E-state index in [0.717, 1.165) is 5.56 Å². The molecule has 2 aromatic rings. The van der Waals surface area contributed by atoms with Gasteiger partial charge in [0.15, 0.2) is 0 Å². The van der Waals surface area contributed by atoms with E-state index in [9.17, 15) is 9.59 Å². The zero-order chi connectivity index (χ0) is 23.0. The van der Waals surface area contributed by atoms with Crippen LogP contribution < -0.4 is 16.3 Å². The van der Waals surface area contributed by atoms with Crippen molar-refractivity contribution >= 4 is 17.6 Å². The Morgan fingerprint density at radius 1 is 1.19 bits per heavy atom. The van der Waals surface area contributed by atoms with Crippen molar-refractivity contribution in [3.63, 3.8) is 0 Å². The molecule has 0 saturated heterocycles. The minimum absolute atomic E-state index is 0.0482. The van der Waals surface area contributed by atoms with E-state index < -0.39 is 17.5 Å². The van der Waals surface area contributed by atoms with Crippen molar-refractivity contribution in [2.45, 2.75) is 26.1 Å². The molecule has 0 aliphatic carbocycles. The van der Waals surface area contributed by atoms with Gasteiger partial charge in [0.05, 0.1) is 37.0 Å². The number of carbonyl (C=O) groups is 2. The highest BCUT2D eigenvalue weighted by molar-refractivity contribution is 5.99. The first-order valence-electron chi connectivity index (χ1n) is 10.0. The number of para-hydroxylation sites is 1. The highest BCUT2D eigenvalue weighted by Gasteiger charge is 2.43. The molecule has 1 unspecified atom stereocenters. The molecule has 2 aromatic carbocycles. The summed E-state index contributed by atoms with van der Waals surface area (Å²) in [7, 11) is 0. The van der Waals surface area contributed by atoms with Crippen molar-refractivity contribution in [1.82, 2.24) is 11.0 Å². The van der Waals surface area contributed by atoms with Crippen molar-refractivity contribution in [2.75, 3.05) is 18.5 Å². The Morgan fingerprint density at radius 3 is 2.59 bits per heavy atom. The number of benzene rings is 2. The van der Waals surface area contributed by atoms with E-state index in [4.69, 9.17) is 19.7 Å². The predicted octanol–water partition coefficient (Wildman–Crippen LogP) is 2.57. The standard InChI is InChI=1S/C23H24N4O5/c1-3-30-22(29)23(12-16(2)26-32-23)15-25-20-7-5-4-6-19(20)21(28)27-31-14-18-10-8-17(13-24)9-11-18/h4-12,25-26H,3,14-15H2,1-2H3,(H,27,28). The molecule has 32 heavy (non-hydrogen) atoms. The molecule has 0 radical (unpaired) electrons. The fraction of sp³-hybridized carbons (Fsp3) is 0.261. The molecule has 0 spiro atoms. The first-order chi connectivity index (χ1) is 15.5. The Hall–Kier alpha value is -3.87.